The van der Waals surface area contributed by atoms with Crippen LogP contribution in [0.15, 0.2) is 57.9 Å². The van der Waals surface area contributed by atoms with Crippen molar-refractivity contribution in [3.05, 3.63) is 71.5 Å². The molecule has 1 aromatic heterocycles. The number of hydrogen-bond acceptors (Lipinski definition) is 5. The summed E-state index contributed by atoms with van der Waals surface area (Å²) in [7, 11) is -4.20. The van der Waals surface area contributed by atoms with Crippen molar-refractivity contribution in [3.63, 3.8) is 0 Å². The largest absolute Gasteiger partial charge is 0.360 e. The lowest BCUT2D eigenvalue weighted by molar-refractivity contribution is 0.102. The van der Waals surface area contributed by atoms with Crippen molar-refractivity contribution in [2.24, 2.45) is 0 Å². The third kappa shape index (κ3) is 4.29. The predicted molar refractivity (Wildman–Crippen MR) is 92.8 cm³/mol. The molecule has 0 aliphatic heterocycles. The number of benzene rings is 2. The standard InChI is InChI=1S/C17H13F2N3O4S/c1-10-7-16(21-26-10)20-17(23)11-3-2-4-13(8-11)27(24,25)22-15-6-5-12(18)9-14(15)19/h2-9,22H,1H3,(H,20,21,23). The lowest BCUT2D eigenvalue weighted by atomic mass is 10.2. The van der Waals surface area contributed by atoms with Gasteiger partial charge in [0.1, 0.15) is 17.4 Å². The minimum Gasteiger partial charge on any atom is -0.360 e. The van der Waals surface area contributed by atoms with E-state index in [0.717, 1.165) is 18.2 Å². The van der Waals surface area contributed by atoms with E-state index in [9.17, 15) is 22.0 Å². The number of anilines is 2. The Balaban J connectivity index is 1.84. The molecule has 0 saturated carbocycles. The molecule has 0 saturated heterocycles. The van der Waals surface area contributed by atoms with Gasteiger partial charge < -0.3 is 9.84 Å². The van der Waals surface area contributed by atoms with Crippen LogP contribution in [0.1, 0.15) is 16.1 Å². The number of nitrogens with one attached hydrogen (secondary N) is 2. The molecule has 0 bridgehead atoms. The highest BCUT2D eigenvalue weighted by atomic mass is 32.2. The lowest BCUT2D eigenvalue weighted by Gasteiger charge is -2.10. The summed E-state index contributed by atoms with van der Waals surface area (Å²) in [4.78, 5) is 12.0. The molecule has 0 radical (unpaired) electrons. The monoisotopic (exact) mass is 393 g/mol. The average Bonchev–Trinajstić information content (AvgIpc) is 3.02. The van der Waals surface area contributed by atoms with E-state index in [1.165, 1.54) is 24.3 Å². The van der Waals surface area contributed by atoms with Gasteiger partial charge in [-0.3, -0.25) is 9.52 Å². The second-order valence-electron chi connectivity index (χ2n) is 5.53. The van der Waals surface area contributed by atoms with Gasteiger partial charge in [0.25, 0.3) is 15.9 Å². The van der Waals surface area contributed by atoms with Crippen LogP contribution in [0.2, 0.25) is 0 Å². The summed E-state index contributed by atoms with van der Waals surface area (Å²) in [5, 5.41) is 6.08. The molecule has 7 nitrogen and oxygen atoms in total. The molecular weight excluding hydrogens is 380 g/mol. The number of aryl methyl sites for hydroxylation is 1. The molecule has 1 amide bonds. The first-order valence-corrected chi connectivity index (χ1v) is 9.05. The highest BCUT2D eigenvalue weighted by Crippen LogP contribution is 2.21. The van der Waals surface area contributed by atoms with Crippen LogP contribution in [-0.4, -0.2) is 19.5 Å². The highest BCUT2D eigenvalue weighted by Gasteiger charge is 2.19. The van der Waals surface area contributed by atoms with Crippen LogP contribution in [-0.2, 0) is 10.0 Å². The van der Waals surface area contributed by atoms with E-state index in [0.29, 0.717) is 11.8 Å². The van der Waals surface area contributed by atoms with Gasteiger partial charge in [-0.2, -0.15) is 0 Å². The van der Waals surface area contributed by atoms with E-state index in [1.54, 1.807) is 6.92 Å². The van der Waals surface area contributed by atoms with Crippen LogP contribution >= 0.6 is 0 Å². The van der Waals surface area contributed by atoms with Crippen molar-refractivity contribution in [2.75, 3.05) is 10.0 Å². The van der Waals surface area contributed by atoms with E-state index in [1.807, 2.05) is 4.72 Å². The predicted octanol–water partition coefficient (Wildman–Crippen LogP) is 3.31. The molecule has 0 fully saturated rings. The summed E-state index contributed by atoms with van der Waals surface area (Å²) in [6, 6.07) is 9.06. The summed E-state index contributed by atoms with van der Waals surface area (Å²) >= 11 is 0. The van der Waals surface area contributed by atoms with Crippen molar-refractivity contribution < 1.29 is 26.5 Å². The first kappa shape index (κ1) is 18.5. The second kappa shape index (κ2) is 7.16. The third-order valence-corrected chi connectivity index (χ3v) is 4.81. The van der Waals surface area contributed by atoms with Crippen molar-refractivity contribution >= 4 is 27.4 Å². The molecule has 10 heteroatoms. The smallest absolute Gasteiger partial charge is 0.262 e. The Morgan fingerprint density at radius 2 is 1.89 bits per heavy atom. The van der Waals surface area contributed by atoms with Crippen LogP contribution in [0, 0.1) is 18.6 Å². The van der Waals surface area contributed by atoms with Crippen LogP contribution in [0.3, 0.4) is 0 Å². The number of rotatable bonds is 5. The molecule has 3 aromatic rings. The van der Waals surface area contributed by atoms with E-state index in [4.69, 9.17) is 4.52 Å². The van der Waals surface area contributed by atoms with Gasteiger partial charge in [0, 0.05) is 17.7 Å². The summed E-state index contributed by atoms with van der Waals surface area (Å²) in [5.41, 5.74) is -0.373. The van der Waals surface area contributed by atoms with Gasteiger partial charge in [-0.15, -0.1) is 0 Å². The van der Waals surface area contributed by atoms with Gasteiger partial charge in [-0.1, -0.05) is 11.2 Å². The lowest BCUT2D eigenvalue weighted by Crippen LogP contribution is -2.16. The number of hydrogen-bond donors (Lipinski definition) is 2. The number of amides is 1. The van der Waals surface area contributed by atoms with Crippen molar-refractivity contribution in [2.45, 2.75) is 11.8 Å². The molecule has 27 heavy (non-hydrogen) atoms. The highest BCUT2D eigenvalue weighted by molar-refractivity contribution is 7.92. The van der Waals surface area contributed by atoms with Gasteiger partial charge in [-0.05, 0) is 37.3 Å². The number of carbonyl (C=O) groups excluding carboxylic acids is 1. The summed E-state index contributed by atoms with van der Waals surface area (Å²) in [5.74, 6) is -1.83. The fourth-order valence-corrected chi connectivity index (χ4v) is 3.31. The van der Waals surface area contributed by atoms with E-state index in [2.05, 4.69) is 10.5 Å². The van der Waals surface area contributed by atoms with E-state index < -0.39 is 33.3 Å². The Morgan fingerprint density at radius 1 is 1.11 bits per heavy atom. The number of halogens is 2. The molecule has 0 spiro atoms. The van der Waals surface area contributed by atoms with E-state index in [-0.39, 0.29) is 16.3 Å². The molecule has 0 atom stereocenters. The van der Waals surface area contributed by atoms with E-state index >= 15 is 0 Å². The molecule has 0 aliphatic rings. The second-order valence-corrected chi connectivity index (χ2v) is 7.22. The van der Waals surface area contributed by atoms with Crippen LogP contribution in [0.4, 0.5) is 20.3 Å². The zero-order valence-electron chi connectivity index (χ0n) is 13.9. The molecule has 3 rings (SSSR count). The maximum Gasteiger partial charge on any atom is 0.262 e. The first-order chi connectivity index (χ1) is 12.7. The average molecular weight is 393 g/mol. The normalized spacial score (nSPS) is 11.2. The summed E-state index contributed by atoms with van der Waals surface area (Å²) < 4.78 is 58.4. The Kier molecular flexibility index (Phi) is 4.91. The van der Waals surface area contributed by atoms with Gasteiger partial charge >= 0.3 is 0 Å². The fourth-order valence-electron chi connectivity index (χ4n) is 2.19. The van der Waals surface area contributed by atoms with Gasteiger partial charge in [-0.25, -0.2) is 17.2 Å². The summed E-state index contributed by atoms with van der Waals surface area (Å²) in [6.07, 6.45) is 0. The van der Waals surface area contributed by atoms with Crippen LogP contribution in [0.5, 0.6) is 0 Å². The molecule has 2 aromatic carbocycles. The third-order valence-electron chi connectivity index (χ3n) is 3.45. The fraction of sp³-hybridized carbons (Fsp3) is 0.0588. The quantitative estimate of drug-likeness (QED) is 0.693. The maximum absolute atomic E-state index is 13.7. The first-order valence-electron chi connectivity index (χ1n) is 7.57. The molecule has 0 aliphatic carbocycles. The van der Waals surface area contributed by atoms with Crippen molar-refractivity contribution in [1.82, 2.24) is 5.16 Å². The Morgan fingerprint density at radius 3 is 2.56 bits per heavy atom. The Labute approximate surface area is 153 Å². The number of nitrogens with zero attached hydrogens (tertiary/aromatic N) is 1. The summed E-state index contributed by atoms with van der Waals surface area (Å²) in [6.45, 7) is 1.65. The topological polar surface area (TPSA) is 101 Å². The SMILES string of the molecule is Cc1cc(NC(=O)c2cccc(S(=O)(=O)Nc3ccc(F)cc3F)c2)no1. The molecule has 1 heterocycles. The Bertz CT molecular complexity index is 1110. The van der Waals surface area contributed by atoms with Crippen LogP contribution < -0.4 is 10.0 Å². The van der Waals surface area contributed by atoms with Gasteiger partial charge in [0.2, 0.25) is 0 Å². The van der Waals surface area contributed by atoms with Gasteiger partial charge in [0.05, 0.1) is 10.6 Å². The zero-order chi connectivity index (χ0) is 19.6. The number of carbonyl (C=O) groups is 1. The minimum atomic E-state index is -4.20. The molecular formula is C17H13F2N3O4S. The number of aromatic nitrogens is 1. The number of sulfonamides is 1. The van der Waals surface area contributed by atoms with Gasteiger partial charge in [0.15, 0.2) is 5.82 Å². The van der Waals surface area contributed by atoms with Crippen molar-refractivity contribution in [1.29, 1.82) is 0 Å². The molecule has 2 N–H and O–H groups in total. The molecule has 140 valence electrons. The minimum absolute atomic E-state index is 0.0399. The van der Waals surface area contributed by atoms with Crippen molar-refractivity contribution in [3.8, 4) is 0 Å². The maximum atomic E-state index is 13.7. The van der Waals surface area contributed by atoms with Crippen LogP contribution in [0.25, 0.3) is 0 Å². The Hall–Kier alpha value is -3.27. The zero-order valence-corrected chi connectivity index (χ0v) is 14.7. The molecule has 0 unspecified atom stereocenters.